The number of unbranched alkanes of at least 4 members (excludes halogenated alkanes) is 1. The maximum atomic E-state index is 12.0. The lowest BCUT2D eigenvalue weighted by molar-refractivity contribution is -0.0626. The van der Waals surface area contributed by atoms with Crippen LogP contribution in [0, 0.1) is 6.92 Å². The summed E-state index contributed by atoms with van der Waals surface area (Å²) in [5.74, 6) is 0. The van der Waals surface area contributed by atoms with Gasteiger partial charge in [-0.25, -0.2) is 9.36 Å². The van der Waals surface area contributed by atoms with E-state index < -0.39 is 37.5 Å². The fourth-order valence-corrected chi connectivity index (χ4v) is 3.38. The molecule has 1 aliphatic heterocycles. The third-order valence-electron chi connectivity index (χ3n) is 4.04. The van der Waals surface area contributed by atoms with E-state index in [0.29, 0.717) is 18.4 Å². The largest absolute Gasteiger partial charge is 0.472 e. The maximum Gasteiger partial charge on any atom is 0.472 e. The van der Waals surface area contributed by atoms with Crippen LogP contribution in [0.25, 0.3) is 0 Å². The summed E-state index contributed by atoms with van der Waals surface area (Å²) in [7, 11) is -2.68. The molecule has 0 spiro atoms. The number of H-pyrrole nitrogens is 1. The van der Waals surface area contributed by atoms with Gasteiger partial charge in [-0.1, -0.05) is 13.3 Å². The molecule has 2 N–H and O–H groups in total. The average molecular weight is 417 g/mol. The minimum atomic E-state index is -4.16. The molecule has 0 saturated carbocycles. The van der Waals surface area contributed by atoms with E-state index in [9.17, 15) is 19.0 Å². The van der Waals surface area contributed by atoms with Crippen LogP contribution in [0.2, 0.25) is 0 Å². The highest BCUT2D eigenvalue weighted by atomic mass is 31.2. The molecule has 10 nitrogen and oxygen atoms in total. The Hall–Kier alpha value is -0.524. The summed E-state index contributed by atoms with van der Waals surface area (Å²) in [6, 6.07) is 0. The molecule has 0 aromatic carbocycles. The van der Waals surface area contributed by atoms with Crippen LogP contribution in [0.3, 0.4) is 0 Å². The zero-order valence-corrected chi connectivity index (χ0v) is 18.1. The Kier molecular flexibility index (Phi) is 9.87. The maximum absolute atomic E-state index is 12.0. The van der Waals surface area contributed by atoms with Gasteiger partial charge >= 0.3 is 13.5 Å². The second-order valence-corrected chi connectivity index (χ2v) is 7.54. The summed E-state index contributed by atoms with van der Waals surface area (Å²) < 4.78 is 34.0. The second-order valence-electron chi connectivity index (χ2n) is 6.09. The molecule has 1 unspecified atom stereocenters. The normalized spacial score (nSPS) is 24.4. The quantitative estimate of drug-likeness (QED) is 0.342. The Bertz CT molecular complexity index is 767. The van der Waals surface area contributed by atoms with Gasteiger partial charge in [0.15, 0.2) is 6.23 Å². The Labute approximate surface area is 172 Å². The number of aryl methyl sites for hydroxylation is 1. The first kappa shape index (κ1) is 24.5. The van der Waals surface area contributed by atoms with E-state index in [2.05, 4.69) is 4.98 Å². The predicted octanol–water partition coefficient (Wildman–Crippen LogP) is 0.700. The Balaban J connectivity index is 0.00000364. The molecule has 1 aromatic heterocycles. The zero-order valence-electron chi connectivity index (χ0n) is 15.8. The number of ether oxygens (including phenoxy) is 2. The number of methoxy groups -OCH3 is 1. The number of hydrogen-bond donors (Lipinski definition) is 2. The summed E-state index contributed by atoms with van der Waals surface area (Å²) in [6.45, 7) is 3.45. The van der Waals surface area contributed by atoms with Crippen molar-refractivity contribution in [2.45, 2.75) is 51.5 Å². The minimum absolute atomic E-state index is 0. The fraction of sp³-hybridized carbons (Fsp3) is 0.733. The van der Waals surface area contributed by atoms with Gasteiger partial charge in [-0.3, -0.25) is 23.4 Å². The number of aromatic nitrogens is 2. The van der Waals surface area contributed by atoms with E-state index in [-0.39, 0.29) is 36.3 Å². The Morgan fingerprint density at radius 3 is 2.74 bits per heavy atom. The molecule has 2 radical (unpaired) electrons. The number of phosphoric ester groups is 1. The third kappa shape index (κ3) is 6.79. The highest BCUT2D eigenvalue weighted by Crippen LogP contribution is 2.44. The van der Waals surface area contributed by atoms with E-state index in [0.717, 1.165) is 6.42 Å². The van der Waals surface area contributed by atoms with Gasteiger partial charge in [-0.2, -0.15) is 0 Å². The van der Waals surface area contributed by atoms with Gasteiger partial charge in [0.25, 0.3) is 5.56 Å². The standard InChI is InChI=1S/C15H25N2O8P.Mg/c1-4-5-6-23-26(20,21)24-9-11-7-12(22-3)14(25-11)17-8-10(2)13(18)16-15(17)19;/h8,11-12,14H,4-7,9H2,1-3H3,(H,20,21)(H,16,18,19);/t11-,12-,14-;/m1./s1. The summed E-state index contributed by atoms with van der Waals surface area (Å²) in [4.78, 5) is 35.4. The SMILES string of the molecule is CCCCOP(=O)(O)OC[C@H]1C[C@@H](OC)[C@H](n2cc(C)c(=O)[nH]c2=O)O1.[Mg]. The van der Waals surface area contributed by atoms with Crippen molar-refractivity contribution < 1.29 is 28.0 Å². The van der Waals surface area contributed by atoms with Gasteiger partial charge in [0.1, 0.15) is 6.10 Å². The van der Waals surface area contributed by atoms with E-state index in [4.69, 9.17) is 18.5 Å². The topological polar surface area (TPSA) is 129 Å². The molecule has 0 amide bonds. The fourth-order valence-electron chi connectivity index (χ4n) is 2.59. The first-order chi connectivity index (χ1) is 12.3. The van der Waals surface area contributed by atoms with Crippen LogP contribution in [0.15, 0.2) is 15.8 Å². The summed E-state index contributed by atoms with van der Waals surface area (Å²) >= 11 is 0. The highest BCUT2D eigenvalue weighted by molar-refractivity contribution is 7.47. The van der Waals surface area contributed by atoms with Crippen LogP contribution in [-0.4, -0.2) is 70.0 Å². The van der Waals surface area contributed by atoms with Crippen molar-refractivity contribution in [1.82, 2.24) is 9.55 Å². The lowest BCUT2D eigenvalue weighted by Crippen LogP contribution is -2.36. The van der Waals surface area contributed by atoms with Crippen LogP contribution < -0.4 is 11.2 Å². The van der Waals surface area contributed by atoms with Crippen molar-refractivity contribution in [1.29, 1.82) is 0 Å². The molecule has 1 aliphatic rings. The van der Waals surface area contributed by atoms with Gasteiger partial charge in [0.05, 0.1) is 19.3 Å². The Morgan fingerprint density at radius 2 is 2.11 bits per heavy atom. The summed E-state index contributed by atoms with van der Waals surface area (Å²) in [6.07, 6.45) is 1.39. The van der Waals surface area contributed by atoms with E-state index in [1.807, 2.05) is 6.92 Å². The molecule has 150 valence electrons. The van der Waals surface area contributed by atoms with E-state index >= 15 is 0 Å². The van der Waals surface area contributed by atoms with Crippen LogP contribution in [-0.2, 0) is 23.1 Å². The van der Waals surface area contributed by atoms with Gasteiger partial charge in [-0.05, 0) is 13.3 Å². The van der Waals surface area contributed by atoms with Crippen LogP contribution in [0.1, 0.15) is 38.0 Å². The van der Waals surface area contributed by atoms with Crippen molar-refractivity contribution in [3.05, 3.63) is 32.6 Å². The van der Waals surface area contributed by atoms with Crippen molar-refractivity contribution in [2.75, 3.05) is 20.3 Å². The zero-order chi connectivity index (χ0) is 19.3. The smallest absolute Gasteiger partial charge is 0.377 e. The second kappa shape index (κ2) is 10.9. The lowest BCUT2D eigenvalue weighted by atomic mass is 10.2. The highest BCUT2D eigenvalue weighted by Gasteiger charge is 2.38. The molecule has 1 aromatic rings. The average Bonchev–Trinajstić information content (AvgIpc) is 3.00. The first-order valence-corrected chi connectivity index (χ1v) is 9.89. The molecule has 27 heavy (non-hydrogen) atoms. The van der Waals surface area contributed by atoms with Crippen LogP contribution in [0.5, 0.6) is 0 Å². The number of hydrogen-bond acceptors (Lipinski definition) is 7. The molecule has 12 heteroatoms. The molecular weight excluding hydrogens is 391 g/mol. The van der Waals surface area contributed by atoms with Gasteiger partial charge in [0.2, 0.25) is 0 Å². The number of aromatic amines is 1. The number of phosphoric acid groups is 1. The van der Waals surface area contributed by atoms with Gasteiger partial charge in [0, 0.05) is 48.3 Å². The van der Waals surface area contributed by atoms with Crippen LogP contribution in [0.4, 0.5) is 0 Å². The molecular formula is C15H25MgN2O8P. The molecule has 4 atom stereocenters. The molecule has 0 aliphatic carbocycles. The molecule has 2 rings (SSSR count). The number of rotatable bonds is 9. The number of nitrogens with one attached hydrogen (secondary N) is 1. The van der Waals surface area contributed by atoms with Crippen molar-refractivity contribution in [3.8, 4) is 0 Å². The van der Waals surface area contributed by atoms with Crippen molar-refractivity contribution in [2.24, 2.45) is 0 Å². The molecule has 2 heterocycles. The van der Waals surface area contributed by atoms with E-state index in [1.165, 1.54) is 17.9 Å². The monoisotopic (exact) mass is 416 g/mol. The Morgan fingerprint density at radius 1 is 1.41 bits per heavy atom. The molecule has 1 fully saturated rings. The van der Waals surface area contributed by atoms with E-state index in [1.54, 1.807) is 6.92 Å². The number of nitrogens with zero attached hydrogens (tertiary/aromatic N) is 1. The van der Waals surface area contributed by atoms with Gasteiger partial charge < -0.3 is 14.4 Å². The van der Waals surface area contributed by atoms with Crippen LogP contribution >= 0.6 is 7.82 Å². The lowest BCUT2D eigenvalue weighted by Gasteiger charge is -2.20. The van der Waals surface area contributed by atoms with Crippen molar-refractivity contribution >= 4 is 30.9 Å². The predicted molar refractivity (Wildman–Crippen MR) is 97.8 cm³/mol. The first-order valence-electron chi connectivity index (χ1n) is 8.39. The summed E-state index contributed by atoms with van der Waals surface area (Å²) in [5, 5.41) is 0. The van der Waals surface area contributed by atoms with Gasteiger partial charge in [-0.15, -0.1) is 0 Å². The minimum Gasteiger partial charge on any atom is -0.377 e. The molecule has 0 bridgehead atoms. The third-order valence-corrected chi connectivity index (χ3v) is 5.03. The molecule has 1 saturated heterocycles. The van der Waals surface area contributed by atoms with Crippen molar-refractivity contribution in [3.63, 3.8) is 0 Å². The summed E-state index contributed by atoms with van der Waals surface area (Å²) in [5.41, 5.74) is -0.736.